The van der Waals surface area contributed by atoms with Crippen LogP contribution in [0.5, 0.6) is 0 Å². The summed E-state index contributed by atoms with van der Waals surface area (Å²) in [6.07, 6.45) is 0. The van der Waals surface area contributed by atoms with Crippen molar-refractivity contribution in [2.75, 3.05) is 0 Å². The van der Waals surface area contributed by atoms with Gasteiger partial charge in [0, 0.05) is 43.4 Å². The molecule has 4 aromatic heterocycles. The van der Waals surface area contributed by atoms with Crippen molar-refractivity contribution in [1.29, 1.82) is 0 Å². The fraction of sp³-hybridized carbons (Fsp3) is 0.276. The summed E-state index contributed by atoms with van der Waals surface area (Å²) >= 11 is 0. The average molecular weight is 1220 g/mol. The van der Waals surface area contributed by atoms with Crippen molar-refractivity contribution >= 4 is 65.4 Å². The number of nitrogens with zero attached hydrogens (tertiary/aromatic N) is 6. The van der Waals surface area contributed by atoms with Gasteiger partial charge in [-0.15, -0.1) is 0 Å². The van der Waals surface area contributed by atoms with Gasteiger partial charge in [-0.3, -0.25) is 4.57 Å². The molecule has 0 radical (unpaired) electrons. The van der Waals surface area contributed by atoms with Gasteiger partial charge in [0.25, 0.3) is 0 Å². The van der Waals surface area contributed by atoms with Gasteiger partial charge in [0.15, 0.2) is 11.6 Å². The Balaban J connectivity index is 1.08. The third kappa shape index (κ3) is 10.8. The molecule has 466 valence electrons. The Morgan fingerprint density at radius 3 is 0.892 bits per heavy atom. The lowest BCUT2D eigenvalue weighted by Crippen LogP contribution is -2.16. The molecule has 0 bridgehead atoms. The Morgan fingerprint density at radius 2 is 0.527 bits per heavy atom. The standard InChI is InChI=1S/C87H88N6/c1-82(2,3)57-37-41-75-69(51-57)63-27-19-23-31-71(63)91(75)73-33-25-21-29-65(73)79-88-80(66-30-22-26-34-74(66)92-72-32-24-20-28-64(72)70-52-58(83(4,5)6)38-42-76(70)92)90-81(89-79)93-77-39-35-53(55-43-59(84(7,8)9)49-60(44-55)85(10,11)12)47-67(77)68-48-54(36-40-78(68)93)56-45-61(86(13,14)15)50-62(46-56)87(16,17)18/h19-52H,1-18H3. The molecule has 0 amide bonds. The molecule has 0 fully saturated rings. The second-order valence-electron chi connectivity index (χ2n) is 32.4. The highest BCUT2D eigenvalue weighted by molar-refractivity contribution is 6.13. The molecule has 0 unspecified atom stereocenters. The molecule has 6 nitrogen and oxygen atoms in total. The van der Waals surface area contributed by atoms with Crippen LogP contribution >= 0.6 is 0 Å². The molecule has 14 aromatic rings. The average Bonchev–Trinajstić information content (AvgIpc) is 1.61. The Kier molecular flexibility index (Phi) is 14.2. The molecule has 0 aliphatic heterocycles. The van der Waals surface area contributed by atoms with Crippen LogP contribution in [-0.4, -0.2) is 28.7 Å². The summed E-state index contributed by atoms with van der Waals surface area (Å²) in [5, 5.41) is 7.06. The first kappa shape index (κ1) is 61.1. The first-order valence-electron chi connectivity index (χ1n) is 33.3. The lowest BCUT2D eigenvalue weighted by Gasteiger charge is -2.26. The monoisotopic (exact) mass is 1220 g/mol. The number of fused-ring (bicyclic) bond motifs is 9. The zero-order valence-electron chi connectivity index (χ0n) is 57.8. The first-order chi connectivity index (χ1) is 43.9. The summed E-state index contributed by atoms with van der Waals surface area (Å²) in [6, 6.07) is 77.5. The predicted molar refractivity (Wildman–Crippen MR) is 397 cm³/mol. The van der Waals surface area contributed by atoms with Gasteiger partial charge in [0.1, 0.15) is 0 Å². The van der Waals surface area contributed by atoms with E-state index < -0.39 is 0 Å². The molecule has 4 heterocycles. The minimum Gasteiger partial charge on any atom is -0.309 e. The summed E-state index contributed by atoms with van der Waals surface area (Å²) in [5.41, 5.74) is 22.5. The molecule has 0 saturated carbocycles. The van der Waals surface area contributed by atoms with Crippen molar-refractivity contribution in [3.8, 4) is 62.4 Å². The highest BCUT2D eigenvalue weighted by Crippen LogP contribution is 2.45. The second kappa shape index (κ2) is 21.6. The van der Waals surface area contributed by atoms with Crippen LogP contribution in [0.1, 0.15) is 158 Å². The van der Waals surface area contributed by atoms with E-state index in [0.717, 1.165) is 77.5 Å². The van der Waals surface area contributed by atoms with E-state index in [-0.39, 0.29) is 32.5 Å². The van der Waals surface area contributed by atoms with Gasteiger partial charge in [-0.1, -0.05) is 246 Å². The minimum absolute atomic E-state index is 0.0337. The summed E-state index contributed by atoms with van der Waals surface area (Å²) in [4.78, 5) is 17.4. The zero-order valence-corrected chi connectivity index (χ0v) is 57.8. The van der Waals surface area contributed by atoms with E-state index in [9.17, 15) is 0 Å². The van der Waals surface area contributed by atoms with Crippen LogP contribution in [0, 0.1) is 0 Å². The number of hydrogen-bond donors (Lipinski definition) is 0. The topological polar surface area (TPSA) is 53.5 Å². The molecule has 0 N–H and O–H groups in total. The van der Waals surface area contributed by atoms with E-state index in [1.807, 2.05) is 0 Å². The number of aromatic nitrogens is 6. The molecule has 0 saturated heterocycles. The minimum atomic E-state index is -0.0570. The molecule has 14 rings (SSSR count). The highest BCUT2D eigenvalue weighted by atomic mass is 15.2. The van der Waals surface area contributed by atoms with Crippen LogP contribution in [0.4, 0.5) is 0 Å². The summed E-state index contributed by atoms with van der Waals surface area (Å²) in [6.45, 7) is 41.6. The fourth-order valence-corrected chi connectivity index (χ4v) is 13.7. The van der Waals surface area contributed by atoms with E-state index in [1.165, 1.54) is 66.1 Å². The van der Waals surface area contributed by atoms with Crippen molar-refractivity contribution in [2.24, 2.45) is 0 Å². The third-order valence-electron chi connectivity index (χ3n) is 19.4. The van der Waals surface area contributed by atoms with Crippen molar-refractivity contribution in [3.63, 3.8) is 0 Å². The van der Waals surface area contributed by atoms with E-state index in [1.54, 1.807) is 0 Å². The maximum Gasteiger partial charge on any atom is 0.238 e. The lowest BCUT2D eigenvalue weighted by atomic mass is 9.78. The SMILES string of the molecule is CC(C)(C)c1cc(-c2ccc3c(c2)c2cc(-c4cc(C(C)(C)C)cc(C(C)(C)C)c4)ccc2n3-c2nc(-c3ccccc3-n3c4ccccc4c4cc(C(C)(C)C)ccc43)nc(-c3ccccc3-n3c4ccccc4c4cc(C(C)(C)C)ccc43)n2)cc(C(C)(C)C)c1. The highest BCUT2D eigenvalue weighted by Gasteiger charge is 2.29. The molecule has 10 aromatic carbocycles. The lowest BCUT2D eigenvalue weighted by molar-refractivity contribution is 0.568. The van der Waals surface area contributed by atoms with Crippen molar-refractivity contribution in [2.45, 2.75) is 157 Å². The molecule has 6 heteroatoms. The molecule has 0 spiro atoms. The predicted octanol–water partition coefficient (Wildman–Crippen LogP) is 23.6. The van der Waals surface area contributed by atoms with Crippen LogP contribution < -0.4 is 0 Å². The number of para-hydroxylation sites is 4. The normalized spacial score (nSPS) is 13.1. The molecular weight excluding hydrogens is 1130 g/mol. The maximum absolute atomic E-state index is 5.81. The summed E-state index contributed by atoms with van der Waals surface area (Å²) in [5.74, 6) is 1.67. The van der Waals surface area contributed by atoms with Crippen molar-refractivity contribution in [3.05, 3.63) is 240 Å². The van der Waals surface area contributed by atoms with E-state index in [2.05, 4.69) is 345 Å². The third-order valence-corrected chi connectivity index (χ3v) is 19.4. The van der Waals surface area contributed by atoms with Crippen LogP contribution in [0.2, 0.25) is 0 Å². The Hall–Kier alpha value is -9.39. The van der Waals surface area contributed by atoms with Crippen molar-refractivity contribution < 1.29 is 0 Å². The van der Waals surface area contributed by atoms with Gasteiger partial charge < -0.3 is 9.13 Å². The number of benzene rings is 10. The summed E-state index contributed by atoms with van der Waals surface area (Å²) < 4.78 is 7.13. The Morgan fingerprint density at radius 1 is 0.226 bits per heavy atom. The van der Waals surface area contributed by atoms with E-state index in [4.69, 9.17) is 15.0 Å². The quantitative estimate of drug-likeness (QED) is 0.160. The van der Waals surface area contributed by atoms with Gasteiger partial charge in [0.2, 0.25) is 5.95 Å². The summed E-state index contributed by atoms with van der Waals surface area (Å²) in [7, 11) is 0. The smallest absolute Gasteiger partial charge is 0.238 e. The largest absolute Gasteiger partial charge is 0.309 e. The molecule has 93 heavy (non-hydrogen) atoms. The van der Waals surface area contributed by atoms with Gasteiger partial charge in [0.05, 0.1) is 44.5 Å². The Labute approximate surface area is 550 Å². The van der Waals surface area contributed by atoms with E-state index >= 15 is 0 Å². The Bertz CT molecular complexity index is 4930. The van der Waals surface area contributed by atoms with Crippen LogP contribution in [0.3, 0.4) is 0 Å². The number of rotatable bonds is 7. The van der Waals surface area contributed by atoms with E-state index in [0.29, 0.717) is 17.6 Å². The maximum atomic E-state index is 5.81. The van der Waals surface area contributed by atoms with Crippen molar-refractivity contribution in [1.82, 2.24) is 28.7 Å². The first-order valence-corrected chi connectivity index (χ1v) is 33.3. The molecule has 0 aliphatic rings. The van der Waals surface area contributed by atoms with Crippen LogP contribution in [-0.2, 0) is 32.5 Å². The zero-order chi connectivity index (χ0) is 65.6. The molecule has 0 aliphatic carbocycles. The van der Waals surface area contributed by atoms with Gasteiger partial charge in [-0.2, -0.15) is 9.97 Å². The van der Waals surface area contributed by atoms with Crippen LogP contribution in [0.25, 0.3) is 128 Å². The van der Waals surface area contributed by atoms with Gasteiger partial charge in [-0.25, -0.2) is 4.98 Å². The number of hydrogen-bond acceptors (Lipinski definition) is 3. The van der Waals surface area contributed by atoms with Crippen LogP contribution in [0.15, 0.2) is 206 Å². The second-order valence-corrected chi connectivity index (χ2v) is 32.4. The van der Waals surface area contributed by atoms with Gasteiger partial charge >= 0.3 is 0 Å². The molecule has 0 atom stereocenters. The fourth-order valence-electron chi connectivity index (χ4n) is 13.7. The van der Waals surface area contributed by atoms with Gasteiger partial charge in [-0.05, 0) is 173 Å². The molecular formula is C87H88N6.